The molecule has 1 aliphatic rings. The number of rotatable bonds is 4. The molecule has 1 heterocycles. The van der Waals surface area contributed by atoms with E-state index in [1.165, 1.54) is 0 Å². The van der Waals surface area contributed by atoms with E-state index in [9.17, 15) is 14.7 Å². The van der Waals surface area contributed by atoms with Gasteiger partial charge in [0.1, 0.15) is 0 Å². The molecular formula is C16H22N2O3. The Bertz CT molecular complexity index is 517. The first-order valence-electron chi connectivity index (χ1n) is 7.29. The average Bonchev–Trinajstić information content (AvgIpc) is 2.48. The maximum Gasteiger partial charge on any atom is 0.313 e. The fourth-order valence-corrected chi connectivity index (χ4v) is 2.40. The number of nitrogens with one attached hydrogen (secondary N) is 2. The maximum absolute atomic E-state index is 12.1. The Morgan fingerprint density at radius 1 is 1.24 bits per heavy atom. The van der Waals surface area contributed by atoms with Crippen LogP contribution in [0.2, 0.25) is 0 Å². The van der Waals surface area contributed by atoms with Gasteiger partial charge < -0.3 is 15.7 Å². The Morgan fingerprint density at radius 2 is 1.90 bits per heavy atom. The van der Waals surface area contributed by atoms with E-state index in [0.29, 0.717) is 11.3 Å². The second-order valence-electron chi connectivity index (χ2n) is 6.00. The molecule has 114 valence electrons. The Balaban J connectivity index is 2.02. The molecule has 1 aromatic rings. The molecule has 0 bridgehead atoms. The van der Waals surface area contributed by atoms with Crippen molar-refractivity contribution in [1.29, 1.82) is 0 Å². The minimum absolute atomic E-state index is 0.0278. The van der Waals surface area contributed by atoms with E-state index in [1.807, 2.05) is 0 Å². The van der Waals surface area contributed by atoms with Gasteiger partial charge in [-0.25, -0.2) is 0 Å². The van der Waals surface area contributed by atoms with Crippen molar-refractivity contribution in [2.75, 3.05) is 11.9 Å². The van der Waals surface area contributed by atoms with Gasteiger partial charge in [0.2, 0.25) is 5.91 Å². The fourth-order valence-electron chi connectivity index (χ4n) is 2.40. The quantitative estimate of drug-likeness (QED) is 0.794. The zero-order valence-corrected chi connectivity index (χ0v) is 12.5. The Kier molecular flexibility index (Phi) is 4.63. The van der Waals surface area contributed by atoms with Gasteiger partial charge >= 0.3 is 5.97 Å². The van der Waals surface area contributed by atoms with Crippen molar-refractivity contribution in [2.24, 2.45) is 0 Å². The largest absolute Gasteiger partial charge is 0.481 e. The van der Waals surface area contributed by atoms with Crippen molar-refractivity contribution in [3.05, 3.63) is 29.8 Å². The summed E-state index contributed by atoms with van der Waals surface area (Å²) in [5, 5.41) is 15.3. The summed E-state index contributed by atoms with van der Waals surface area (Å²) in [5.41, 5.74) is 0.467. The molecule has 1 atom stereocenters. The average molecular weight is 290 g/mol. The summed E-state index contributed by atoms with van der Waals surface area (Å²) in [6, 6.07) is 6.87. The Labute approximate surface area is 124 Å². The second-order valence-corrected chi connectivity index (χ2v) is 6.00. The van der Waals surface area contributed by atoms with Gasteiger partial charge in [0.25, 0.3) is 0 Å². The summed E-state index contributed by atoms with van der Waals surface area (Å²) >= 11 is 0. The molecule has 1 fully saturated rings. The molecule has 1 amide bonds. The van der Waals surface area contributed by atoms with Crippen LogP contribution in [0.25, 0.3) is 0 Å². The predicted molar refractivity (Wildman–Crippen MR) is 81.4 cm³/mol. The third-order valence-corrected chi connectivity index (χ3v) is 4.04. The number of carboxylic acid groups (broad SMARTS) is 1. The van der Waals surface area contributed by atoms with Gasteiger partial charge in [0.05, 0.1) is 11.5 Å². The highest BCUT2D eigenvalue weighted by atomic mass is 16.4. The van der Waals surface area contributed by atoms with Crippen LogP contribution in [-0.2, 0) is 15.0 Å². The van der Waals surface area contributed by atoms with E-state index in [1.54, 1.807) is 38.1 Å². The van der Waals surface area contributed by atoms with Crippen molar-refractivity contribution in [3.8, 4) is 0 Å². The lowest BCUT2D eigenvalue weighted by Crippen LogP contribution is -2.43. The molecule has 0 spiro atoms. The van der Waals surface area contributed by atoms with Gasteiger partial charge in [-0.3, -0.25) is 9.59 Å². The number of amides is 1. The van der Waals surface area contributed by atoms with E-state index in [2.05, 4.69) is 10.6 Å². The van der Waals surface area contributed by atoms with Crippen LogP contribution < -0.4 is 10.6 Å². The summed E-state index contributed by atoms with van der Waals surface area (Å²) in [6.45, 7) is 4.20. The van der Waals surface area contributed by atoms with Gasteiger partial charge in [0, 0.05) is 5.69 Å². The van der Waals surface area contributed by atoms with Crippen molar-refractivity contribution in [2.45, 2.75) is 44.6 Å². The molecule has 0 radical (unpaired) electrons. The molecule has 2 rings (SSSR count). The third-order valence-electron chi connectivity index (χ3n) is 4.04. The first kappa shape index (κ1) is 15.5. The van der Waals surface area contributed by atoms with Crippen LogP contribution in [0, 0.1) is 0 Å². The number of carbonyl (C=O) groups excluding carboxylic acids is 1. The van der Waals surface area contributed by atoms with Crippen molar-refractivity contribution in [1.82, 2.24) is 5.32 Å². The number of hydrogen-bond acceptors (Lipinski definition) is 3. The van der Waals surface area contributed by atoms with E-state index >= 15 is 0 Å². The second kappa shape index (κ2) is 6.26. The lowest BCUT2D eigenvalue weighted by atomic mass is 9.85. The minimum Gasteiger partial charge on any atom is -0.481 e. The monoisotopic (exact) mass is 290 g/mol. The van der Waals surface area contributed by atoms with Crippen LogP contribution in [0.1, 0.15) is 38.7 Å². The molecule has 1 saturated heterocycles. The van der Waals surface area contributed by atoms with E-state index in [4.69, 9.17) is 0 Å². The van der Waals surface area contributed by atoms with Crippen LogP contribution in [-0.4, -0.2) is 29.6 Å². The van der Waals surface area contributed by atoms with Crippen LogP contribution in [0.15, 0.2) is 24.3 Å². The highest BCUT2D eigenvalue weighted by Crippen LogP contribution is 2.25. The highest BCUT2D eigenvalue weighted by Gasteiger charge is 2.29. The molecule has 1 aliphatic heterocycles. The SMILES string of the molecule is CC(C)(C(=O)O)c1ccc(NC(=O)C2CCCCN2)cc1. The van der Waals surface area contributed by atoms with Gasteiger partial charge in [0.15, 0.2) is 0 Å². The molecule has 0 aromatic heterocycles. The molecule has 5 nitrogen and oxygen atoms in total. The Hall–Kier alpha value is -1.88. The molecule has 1 aromatic carbocycles. The van der Waals surface area contributed by atoms with Gasteiger partial charge in [-0.15, -0.1) is 0 Å². The third kappa shape index (κ3) is 3.61. The molecular weight excluding hydrogens is 268 g/mol. The number of piperidine rings is 1. The molecule has 0 saturated carbocycles. The standard InChI is InChI=1S/C16H22N2O3/c1-16(2,15(20)21)11-6-8-12(9-7-11)18-14(19)13-5-3-4-10-17-13/h6-9,13,17H,3-5,10H2,1-2H3,(H,18,19)(H,20,21). The summed E-state index contributed by atoms with van der Waals surface area (Å²) in [5.74, 6) is -0.898. The predicted octanol–water partition coefficient (Wildman–Crippen LogP) is 2.13. The van der Waals surface area contributed by atoms with Crippen LogP contribution >= 0.6 is 0 Å². The number of carboxylic acids is 1. The first-order chi connectivity index (χ1) is 9.91. The van der Waals surface area contributed by atoms with Crippen LogP contribution in [0.3, 0.4) is 0 Å². The molecule has 21 heavy (non-hydrogen) atoms. The summed E-state index contributed by atoms with van der Waals surface area (Å²) < 4.78 is 0. The smallest absolute Gasteiger partial charge is 0.313 e. The fraction of sp³-hybridized carbons (Fsp3) is 0.500. The first-order valence-corrected chi connectivity index (χ1v) is 7.29. The topological polar surface area (TPSA) is 78.4 Å². The van der Waals surface area contributed by atoms with Gasteiger partial charge in [-0.1, -0.05) is 18.6 Å². The number of benzene rings is 1. The molecule has 1 unspecified atom stereocenters. The summed E-state index contributed by atoms with van der Waals surface area (Å²) in [7, 11) is 0. The van der Waals surface area contributed by atoms with Crippen molar-refractivity contribution in [3.63, 3.8) is 0 Å². The number of anilines is 1. The highest BCUT2D eigenvalue weighted by molar-refractivity contribution is 5.95. The van der Waals surface area contributed by atoms with Crippen LogP contribution in [0.5, 0.6) is 0 Å². The minimum atomic E-state index is -0.937. The van der Waals surface area contributed by atoms with E-state index in [-0.39, 0.29) is 11.9 Å². The van der Waals surface area contributed by atoms with E-state index in [0.717, 1.165) is 25.8 Å². The molecule has 5 heteroatoms. The van der Waals surface area contributed by atoms with E-state index < -0.39 is 11.4 Å². The van der Waals surface area contributed by atoms with Crippen molar-refractivity contribution < 1.29 is 14.7 Å². The van der Waals surface area contributed by atoms with Gasteiger partial charge in [-0.2, -0.15) is 0 Å². The number of carbonyl (C=O) groups is 2. The maximum atomic E-state index is 12.1. The summed E-state index contributed by atoms with van der Waals surface area (Å²) in [6.07, 6.45) is 3.04. The van der Waals surface area contributed by atoms with Crippen LogP contribution in [0.4, 0.5) is 5.69 Å². The molecule has 0 aliphatic carbocycles. The number of aliphatic carboxylic acids is 1. The van der Waals surface area contributed by atoms with Crippen molar-refractivity contribution >= 4 is 17.6 Å². The number of hydrogen-bond donors (Lipinski definition) is 3. The van der Waals surface area contributed by atoms with Gasteiger partial charge in [-0.05, 0) is 50.9 Å². The summed E-state index contributed by atoms with van der Waals surface area (Å²) in [4.78, 5) is 23.3. The Morgan fingerprint density at radius 3 is 2.43 bits per heavy atom. The molecule has 3 N–H and O–H groups in total. The zero-order valence-electron chi connectivity index (χ0n) is 12.5. The lowest BCUT2D eigenvalue weighted by Gasteiger charge is -2.23. The normalized spacial score (nSPS) is 19.0. The zero-order chi connectivity index (χ0) is 15.5. The lowest BCUT2D eigenvalue weighted by molar-refractivity contribution is -0.142.